The smallest absolute Gasteiger partial charge is 0.309 e. The minimum Gasteiger partial charge on any atom is -0.493 e. The Bertz CT molecular complexity index is 563. The van der Waals surface area contributed by atoms with Gasteiger partial charge in [0.1, 0.15) is 12.4 Å². The third kappa shape index (κ3) is 4.31. The van der Waals surface area contributed by atoms with Crippen LogP contribution in [0.2, 0.25) is 0 Å². The lowest BCUT2D eigenvalue weighted by molar-refractivity contribution is -0.145. The molecule has 2 rings (SSSR count). The Morgan fingerprint density at radius 2 is 2.05 bits per heavy atom. The Hall–Kier alpha value is -2.50. The Labute approximate surface area is 117 Å². The van der Waals surface area contributed by atoms with Gasteiger partial charge in [-0.1, -0.05) is 0 Å². The molecule has 0 aliphatic rings. The molecule has 0 saturated carbocycles. The highest BCUT2D eigenvalue weighted by Crippen LogP contribution is 2.13. The molecular formula is C14H17N3O3. The van der Waals surface area contributed by atoms with Crippen LogP contribution in [0.1, 0.15) is 12.1 Å². The zero-order valence-electron chi connectivity index (χ0n) is 11.3. The van der Waals surface area contributed by atoms with Crippen LogP contribution < -0.4 is 10.5 Å². The van der Waals surface area contributed by atoms with E-state index < -0.39 is 0 Å². The number of aryl methyl sites for hydroxylation is 1. The fraction of sp³-hybridized carbons (Fsp3) is 0.286. The number of ether oxygens (including phenoxy) is 2. The summed E-state index contributed by atoms with van der Waals surface area (Å²) in [4.78, 5) is 11.5. The first-order valence-corrected chi connectivity index (χ1v) is 6.26. The molecule has 1 aromatic carbocycles. The molecule has 0 aliphatic carbocycles. The molecule has 0 atom stereocenters. The van der Waals surface area contributed by atoms with Crippen LogP contribution in [0.4, 0.5) is 5.69 Å². The van der Waals surface area contributed by atoms with E-state index in [0.717, 1.165) is 5.69 Å². The summed E-state index contributed by atoms with van der Waals surface area (Å²) in [6, 6.07) is 8.81. The first-order valence-electron chi connectivity index (χ1n) is 6.26. The first kappa shape index (κ1) is 13.9. The van der Waals surface area contributed by atoms with Crippen molar-refractivity contribution < 1.29 is 14.3 Å². The normalized spacial score (nSPS) is 10.2. The summed E-state index contributed by atoms with van der Waals surface area (Å²) in [7, 11) is 1.81. The average molecular weight is 275 g/mol. The van der Waals surface area contributed by atoms with E-state index in [1.165, 1.54) is 0 Å². The number of nitrogens with two attached hydrogens (primary N) is 1. The van der Waals surface area contributed by atoms with E-state index in [4.69, 9.17) is 15.2 Å². The molecule has 6 heteroatoms. The molecule has 2 aromatic rings. The fourth-order valence-electron chi connectivity index (χ4n) is 1.58. The van der Waals surface area contributed by atoms with Crippen molar-refractivity contribution in [3.8, 4) is 5.75 Å². The Balaban J connectivity index is 1.66. The molecule has 20 heavy (non-hydrogen) atoms. The second kappa shape index (κ2) is 6.60. The van der Waals surface area contributed by atoms with Crippen LogP contribution in [-0.2, 0) is 23.2 Å². The fourth-order valence-corrected chi connectivity index (χ4v) is 1.58. The van der Waals surface area contributed by atoms with Crippen molar-refractivity contribution in [2.24, 2.45) is 7.05 Å². The van der Waals surface area contributed by atoms with Crippen molar-refractivity contribution in [2.75, 3.05) is 12.3 Å². The third-order valence-corrected chi connectivity index (χ3v) is 2.60. The van der Waals surface area contributed by atoms with Gasteiger partial charge < -0.3 is 15.2 Å². The molecule has 0 spiro atoms. The second-order valence-electron chi connectivity index (χ2n) is 4.31. The second-order valence-corrected chi connectivity index (χ2v) is 4.31. The molecule has 2 N–H and O–H groups in total. The van der Waals surface area contributed by atoms with Gasteiger partial charge in [0.15, 0.2) is 0 Å². The maximum absolute atomic E-state index is 11.5. The number of benzene rings is 1. The molecule has 106 valence electrons. The lowest BCUT2D eigenvalue weighted by Gasteiger charge is -2.06. The van der Waals surface area contributed by atoms with Gasteiger partial charge in [-0.25, -0.2) is 0 Å². The van der Waals surface area contributed by atoms with Crippen molar-refractivity contribution in [3.05, 3.63) is 42.2 Å². The number of hydrogen-bond donors (Lipinski definition) is 1. The number of carbonyl (C=O) groups is 1. The number of anilines is 1. The van der Waals surface area contributed by atoms with E-state index in [2.05, 4.69) is 5.10 Å². The van der Waals surface area contributed by atoms with Crippen LogP contribution in [0.3, 0.4) is 0 Å². The highest BCUT2D eigenvalue weighted by Gasteiger charge is 2.05. The molecule has 0 fully saturated rings. The van der Waals surface area contributed by atoms with Gasteiger partial charge in [0.05, 0.1) is 18.7 Å². The van der Waals surface area contributed by atoms with Gasteiger partial charge in [-0.15, -0.1) is 0 Å². The van der Waals surface area contributed by atoms with Gasteiger partial charge >= 0.3 is 5.97 Å². The Morgan fingerprint density at radius 1 is 1.30 bits per heavy atom. The maximum atomic E-state index is 11.5. The van der Waals surface area contributed by atoms with Crippen LogP contribution in [0.15, 0.2) is 36.5 Å². The molecule has 6 nitrogen and oxygen atoms in total. The number of nitrogen functional groups attached to an aromatic ring is 1. The number of nitrogens with zero attached hydrogens (tertiary/aromatic N) is 2. The third-order valence-electron chi connectivity index (χ3n) is 2.60. The Morgan fingerprint density at radius 3 is 2.70 bits per heavy atom. The van der Waals surface area contributed by atoms with Crippen LogP contribution in [0.5, 0.6) is 5.75 Å². The van der Waals surface area contributed by atoms with Crippen molar-refractivity contribution in [3.63, 3.8) is 0 Å². The topological polar surface area (TPSA) is 79.4 Å². The van der Waals surface area contributed by atoms with Gasteiger partial charge in [-0.3, -0.25) is 9.48 Å². The van der Waals surface area contributed by atoms with E-state index in [0.29, 0.717) is 11.4 Å². The zero-order valence-corrected chi connectivity index (χ0v) is 11.3. The van der Waals surface area contributed by atoms with Crippen molar-refractivity contribution in [1.82, 2.24) is 9.78 Å². The van der Waals surface area contributed by atoms with Crippen LogP contribution in [-0.4, -0.2) is 22.4 Å². The van der Waals surface area contributed by atoms with Crippen LogP contribution in [0.25, 0.3) is 0 Å². The summed E-state index contributed by atoms with van der Waals surface area (Å²) in [5.41, 5.74) is 6.96. The highest BCUT2D eigenvalue weighted by molar-refractivity contribution is 5.69. The van der Waals surface area contributed by atoms with E-state index in [-0.39, 0.29) is 25.6 Å². The van der Waals surface area contributed by atoms with Gasteiger partial charge in [-0.05, 0) is 30.3 Å². The van der Waals surface area contributed by atoms with Gasteiger partial charge in [0.25, 0.3) is 0 Å². The summed E-state index contributed by atoms with van der Waals surface area (Å²) >= 11 is 0. The van der Waals surface area contributed by atoms with Crippen LogP contribution >= 0.6 is 0 Å². The number of esters is 1. The summed E-state index contributed by atoms with van der Waals surface area (Å²) in [5, 5.41) is 4.12. The molecule has 0 radical (unpaired) electrons. The SMILES string of the molecule is Cn1ccc(COC(=O)CCOc2ccc(N)cc2)n1. The highest BCUT2D eigenvalue weighted by atomic mass is 16.5. The summed E-state index contributed by atoms with van der Waals surface area (Å²) in [6.07, 6.45) is 1.99. The van der Waals surface area contributed by atoms with Crippen molar-refractivity contribution in [1.29, 1.82) is 0 Å². The van der Waals surface area contributed by atoms with Crippen LogP contribution in [0, 0.1) is 0 Å². The number of hydrogen-bond acceptors (Lipinski definition) is 5. The molecule has 0 aliphatic heterocycles. The summed E-state index contributed by atoms with van der Waals surface area (Å²) in [6.45, 7) is 0.451. The molecule has 1 aromatic heterocycles. The zero-order chi connectivity index (χ0) is 14.4. The number of rotatable bonds is 6. The van der Waals surface area contributed by atoms with Gasteiger partial charge in [0, 0.05) is 18.9 Å². The lowest BCUT2D eigenvalue weighted by Crippen LogP contribution is -2.10. The summed E-state index contributed by atoms with van der Waals surface area (Å²) < 4.78 is 12.2. The minimum atomic E-state index is -0.314. The van der Waals surface area contributed by atoms with E-state index >= 15 is 0 Å². The Kier molecular flexibility index (Phi) is 4.60. The van der Waals surface area contributed by atoms with Gasteiger partial charge in [-0.2, -0.15) is 5.10 Å². The number of aromatic nitrogens is 2. The largest absolute Gasteiger partial charge is 0.493 e. The quantitative estimate of drug-likeness (QED) is 0.638. The molecule has 0 saturated heterocycles. The van der Waals surface area contributed by atoms with Crippen molar-refractivity contribution >= 4 is 11.7 Å². The van der Waals surface area contributed by atoms with E-state index in [9.17, 15) is 4.79 Å². The van der Waals surface area contributed by atoms with E-state index in [1.54, 1.807) is 41.2 Å². The molecular weight excluding hydrogens is 258 g/mol. The lowest BCUT2D eigenvalue weighted by atomic mass is 10.3. The predicted molar refractivity (Wildman–Crippen MR) is 74.0 cm³/mol. The number of carbonyl (C=O) groups excluding carboxylic acids is 1. The maximum Gasteiger partial charge on any atom is 0.309 e. The minimum absolute atomic E-state index is 0.182. The molecule has 0 amide bonds. The average Bonchev–Trinajstić information content (AvgIpc) is 2.85. The van der Waals surface area contributed by atoms with Crippen molar-refractivity contribution in [2.45, 2.75) is 13.0 Å². The monoisotopic (exact) mass is 275 g/mol. The first-order chi connectivity index (χ1) is 9.63. The molecule has 0 bridgehead atoms. The van der Waals surface area contributed by atoms with E-state index in [1.807, 2.05) is 7.05 Å². The standard InChI is InChI=1S/C14H17N3O3/c1-17-8-6-12(16-17)10-20-14(18)7-9-19-13-4-2-11(15)3-5-13/h2-6,8H,7,9-10,15H2,1H3. The molecule has 1 heterocycles. The summed E-state index contributed by atoms with van der Waals surface area (Å²) in [5.74, 6) is 0.364. The van der Waals surface area contributed by atoms with Gasteiger partial charge in [0.2, 0.25) is 0 Å². The molecule has 0 unspecified atom stereocenters. The predicted octanol–water partition coefficient (Wildman–Crippen LogP) is 1.51.